The molecule has 2 rings (SSSR count). The fourth-order valence-corrected chi connectivity index (χ4v) is 2.62. The van der Waals surface area contributed by atoms with E-state index in [9.17, 15) is 9.59 Å². The molecule has 1 aromatic heterocycles. The zero-order chi connectivity index (χ0) is 12.4. The van der Waals surface area contributed by atoms with Crippen LogP contribution in [-0.2, 0) is 11.3 Å². The number of nitrogens with one attached hydrogen (secondary N) is 1. The van der Waals surface area contributed by atoms with Crippen molar-refractivity contribution in [3.05, 3.63) is 21.9 Å². The Hall–Kier alpha value is -1.40. The second kappa shape index (κ2) is 4.85. The van der Waals surface area contributed by atoms with Crippen molar-refractivity contribution >= 4 is 23.2 Å². The first-order valence-electron chi connectivity index (χ1n) is 5.38. The van der Waals surface area contributed by atoms with Gasteiger partial charge < -0.3 is 15.3 Å². The summed E-state index contributed by atoms with van der Waals surface area (Å²) in [5, 5.41) is 11.9. The van der Waals surface area contributed by atoms with Crippen molar-refractivity contribution in [1.82, 2.24) is 10.2 Å². The molecule has 0 aliphatic carbocycles. The smallest absolute Gasteiger partial charge is 0.345 e. The maximum absolute atomic E-state index is 11.6. The molecule has 2 heterocycles. The van der Waals surface area contributed by atoms with Gasteiger partial charge in [-0.1, -0.05) is 0 Å². The van der Waals surface area contributed by atoms with E-state index in [1.807, 2.05) is 0 Å². The molecule has 17 heavy (non-hydrogen) atoms. The number of thiophene rings is 1. The van der Waals surface area contributed by atoms with Crippen molar-refractivity contribution in [2.24, 2.45) is 0 Å². The van der Waals surface area contributed by atoms with E-state index in [0.717, 1.165) is 17.8 Å². The lowest BCUT2D eigenvalue weighted by Gasteiger charge is -2.11. The first kappa shape index (κ1) is 12.1. The second-order valence-corrected chi connectivity index (χ2v) is 5.22. The summed E-state index contributed by atoms with van der Waals surface area (Å²) >= 11 is 1.24. The molecule has 6 heteroatoms. The normalized spacial score (nSPS) is 19.9. The molecule has 1 amide bonds. The van der Waals surface area contributed by atoms with Crippen LogP contribution in [0.3, 0.4) is 0 Å². The molecule has 2 N–H and O–H groups in total. The van der Waals surface area contributed by atoms with Crippen LogP contribution < -0.4 is 5.32 Å². The van der Waals surface area contributed by atoms with Gasteiger partial charge in [0.15, 0.2) is 0 Å². The predicted molar refractivity (Wildman–Crippen MR) is 64.2 cm³/mol. The molecule has 0 radical (unpaired) electrons. The molecule has 0 spiro atoms. The SMILES string of the molecule is CN1CCC(NCc2ccc(C(=O)O)s2)C1=O. The highest BCUT2D eigenvalue weighted by Gasteiger charge is 2.28. The molecule has 1 atom stereocenters. The first-order chi connectivity index (χ1) is 8.08. The quantitative estimate of drug-likeness (QED) is 0.832. The van der Waals surface area contributed by atoms with Crippen LogP contribution in [0, 0.1) is 0 Å². The van der Waals surface area contributed by atoms with Crippen molar-refractivity contribution in [3.8, 4) is 0 Å². The zero-order valence-corrected chi connectivity index (χ0v) is 10.3. The molecule has 0 saturated carbocycles. The van der Waals surface area contributed by atoms with Crippen molar-refractivity contribution in [2.45, 2.75) is 19.0 Å². The fourth-order valence-electron chi connectivity index (χ4n) is 1.82. The van der Waals surface area contributed by atoms with E-state index in [2.05, 4.69) is 5.32 Å². The van der Waals surface area contributed by atoms with Crippen LogP contribution in [0.25, 0.3) is 0 Å². The highest BCUT2D eigenvalue weighted by atomic mass is 32.1. The molecule has 1 aliphatic heterocycles. The molecule has 1 fully saturated rings. The van der Waals surface area contributed by atoms with Crippen LogP contribution in [-0.4, -0.2) is 41.5 Å². The Morgan fingerprint density at radius 2 is 2.41 bits per heavy atom. The van der Waals surface area contributed by atoms with E-state index in [1.165, 1.54) is 11.3 Å². The van der Waals surface area contributed by atoms with Crippen molar-refractivity contribution in [3.63, 3.8) is 0 Å². The van der Waals surface area contributed by atoms with Crippen LogP contribution in [0.1, 0.15) is 21.0 Å². The third-order valence-electron chi connectivity index (χ3n) is 2.82. The molecule has 1 saturated heterocycles. The van der Waals surface area contributed by atoms with E-state index in [1.54, 1.807) is 24.1 Å². The molecule has 1 aromatic rings. The van der Waals surface area contributed by atoms with Crippen LogP contribution in [0.4, 0.5) is 0 Å². The minimum atomic E-state index is -0.905. The summed E-state index contributed by atoms with van der Waals surface area (Å²) in [6.07, 6.45) is 0.812. The van der Waals surface area contributed by atoms with Crippen LogP contribution in [0.5, 0.6) is 0 Å². The number of likely N-dealkylation sites (N-methyl/N-ethyl adjacent to an activating group) is 1. The molecular weight excluding hydrogens is 240 g/mol. The standard InChI is InChI=1S/C11H14N2O3S/c1-13-5-4-8(10(13)14)12-6-7-2-3-9(17-7)11(15)16/h2-3,8,12H,4-6H2,1H3,(H,15,16). The van der Waals surface area contributed by atoms with Crippen molar-refractivity contribution in [1.29, 1.82) is 0 Å². The minimum absolute atomic E-state index is 0.111. The van der Waals surface area contributed by atoms with Gasteiger partial charge in [0.05, 0.1) is 6.04 Å². The largest absolute Gasteiger partial charge is 0.477 e. The highest BCUT2D eigenvalue weighted by Crippen LogP contribution is 2.17. The van der Waals surface area contributed by atoms with E-state index in [-0.39, 0.29) is 11.9 Å². The van der Waals surface area contributed by atoms with Gasteiger partial charge in [-0.2, -0.15) is 0 Å². The number of likely N-dealkylation sites (tertiary alicyclic amines) is 1. The Balaban J connectivity index is 1.89. The van der Waals surface area contributed by atoms with E-state index < -0.39 is 5.97 Å². The number of nitrogens with zero attached hydrogens (tertiary/aromatic N) is 1. The Kier molecular flexibility index (Phi) is 3.44. The molecule has 0 aromatic carbocycles. The van der Waals surface area contributed by atoms with Gasteiger partial charge in [-0.05, 0) is 18.6 Å². The third-order valence-corrected chi connectivity index (χ3v) is 3.90. The Bertz CT molecular complexity index is 444. The first-order valence-corrected chi connectivity index (χ1v) is 6.20. The molecule has 92 valence electrons. The van der Waals surface area contributed by atoms with Gasteiger partial charge >= 0.3 is 5.97 Å². The number of carboxylic acids is 1. The molecule has 5 nitrogen and oxygen atoms in total. The summed E-state index contributed by atoms with van der Waals surface area (Å²) in [7, 11) is 1.79. The summed E-state index contributed by atoms with van der Waals surface area (Å²) in [5.74, 6) is -0.794. The topological polar surface area (TPSA) is 69.6 Å². The number of hydrogen-bond acceptors (Lipinski definition) is 4. The van der Waals surface area contributed by atoms with Crippen molar-refractivity contribution < 1.29 is 14.7 Å². The summed E-state index contributed by atoms with van der Waals surface area (Å²) < 4.78 is 0. The van der Waals surface area contributed by atoms with Gasteiger partial charge in [0.25, 0.3) is 0 Å². The van der Waals surface area contributed by atoms with Gasteiger partial charge in [-0.15, -0.1) is 11.3 Å². The number of rotatable bonds is 4. The molecule has 1 unspecified atom stereocenters. The summed E-state index contributed by atoms with van der Waals surface area (Å²) in [6.45, 7) is 1.32. The van der Waals surface area contributed by atoms with Gasteiger partial charge in [0.1, 0.15) is 4.88 Å². The highest BCUT2D eigenvalue weighted by molar-refractivity contribution is 7.13. The predicted octanol–water partition coefficient (Wildman–Crippen LogP) is 0.767. The van der Waals surface area contributed by atoms with Gasteiger partial charge in [-0.3, -0.25) is 4.79 Å². The Morgan fingerprint density at radius 1 is 1.65 bits per heavy atom. The lowest BCUT2D eigenvalue weighted by Crippen LogP contribution is -2.36. The van der Waals surface area contributed by atoms with E-state index in [4.69, 9.17) is 5.11 Å². The zero-order valence-electron chi connectivity index (χ0n) is 9.47. The van der Waals surface area contributed by atoms with Gasteiger partial charge in [-0.25, -0.2) is 4.79 Å². The maximum Gasteiger partial charge on any atom is 0.345 e. The number of amides is 1. The monoisotopic (exact) mass is 254 g/mol. The lowest BCUT2D eigenvalue weighted by molar-refractivity contribution is -0.128. The number of aromatic carboxylic acids is 1. The summed E-state index contributed by atoms with van der Waals surface area (Å²) in [4.78, 5) is 25.3. The van der Waals surface area contributed by atoms with Gasteiger partial charge in [0.2, 0.25) is 5.91 Å². The molecule has 1 aliphatic rings. The van der Waals surface area contributed by atoms with E-state index >= 15 is 0 Å². The second-order valence-electron chi connectivity index (χ2n) is 4.05. The Morgan fingerprint density at radius 3 is 2.94 bits per heavy atom. The number of carbonyl (C=O) groups is 2. The third kappa shape index (κ3) is 2.65. The lowest BCUT2D eigenvalue weighted by atomic mass is 10.2. The Labute approximate surface area is 103 Å². The number of carboxylic acid groups (broad SMARTS) is 1. The molecular formula is C11H14N2O3S. The molecule has 0 bridgehead atoms. The minimum Gasteiger partial charge on any atom is -0.477 e. The number of hydrogen-bond donors (Lipinski definition) is 2. The fraction of sp³-hybridized carbons (Fsp3) is 0.455. The summed E-state index contributed by atoms with van der Waals surface area (Å²) in [5.41, 5.74) is 0. The maximum atomic E-state index is 11.6. The van der Waals surface area contributed by atoms with E-state index in [0.29, 0.717) is 11.4 Å². The van der Waals surface area contributed by atoms with Crippen molar-refractivity contribution in [2.75, 3.05) is 13.6 Å². The summed E-state index contributed by atoms with van der Waals surface area (Å²) in [6, 6.07) is 3.24. The van der Waals surface area contributed by atoms with Gasteiger partial charge in [0, 0.05) is 25.0 Å². The average Bonchev–Trinajstić information content (AvgIpc) is 2.86. The number of carbonyl (C=O) groups excluding carboxylic acids is 1. The van der Waals surface area contributed by atoms with Crippen LogP contribution in [0.2, 0.25) is 0 Å². The average molecular weight is 254 g/mol. The van der Waals surface area contributed by atoms with Crippen LogP contribution >= 0.6 is 11.3 Å². The van der Waals surface area contributed by atoms with Crippen LogP contribution in [0.15, 0.2) is 12.1 Å².